The molecule has 3 nitrogen and oxygen atoms in total. The number of rotatable bonds is 4. The molecule has 0 radical (unpaired) electrons. The minimum atomic E-state index is -0.151. The topological polar surface area (TPSA) is 55.1 Å². The van der Waals surface area contributed by atoms with E-state index >= 15 is 0 Å². The van der Waals surface area contributed by atoms with Crippen LogP contribution >= 0.6 is 22.9 Å². The number of carbonyl (C=O) groups is 1. The van der Waals surface area contributed by atoms with Crippen molar-refractivity contribution in [1.82, 2.24) is 5.32 Å². The molecule has 0 aliphatic carbocycles. The summed E-state index contributed by atoms with van der Waals surface area (Å²) in [5.74, 6) is -0.151. The first-order valence-corrected chi connectivity index (χ1v) is 6.76. The van der Waals surface area contributed by atoms with Gasteiger partial charge in [0.2, 0.25) is 0 Å². The summed E-state index contributed by atoms with van der Waals surface area (Å²) in [7, 11) is 0. The number of halogens is 1. The largest absolute Gasteiger partial charge is 0.347 e. The standard InChI is InChI=1S/C13H13ClN2OS/c14-11-5-6-18-12(11)13(17)16-8-10-4-2-1-3-9(10)7-15/h1-6H,7-8,15H2,(H,16,17). The molecular weight excluding hydrogens is 268 g/mol. The number of nitrogens with one attached hydrogen (secondary N) is 1. The first kappa shape index (κ1) is 13.1. The Balaban J connectivity index is 2.04. The maximum atomic E-state index is 11.9. The van der Waals surface area contributed by atoms with Gasteiger partial charge in [0.25, 0.3) is 5.91 Å². The van der Waals surface area contributed by atoms with Crippen molar-refractivity contribution < 1.29 is 4.79 Å². The Morgan fingerprint density at radius 1 is 1.28 bits per heavy atom. The molecule has 1 heterocycles. The highest BCUT2D eigenvalue weighted by molar-refractivity contribution is 7.12. The Hall–Kier alpha value is -1.36. The third kappa shape index (κ3) is 2.90. The van der Waals surface area contributed by atoms with Crippen molar-refractivity contribution in [3.8, 4) is 0 Å². The van der Waals surface area contributed by atoms with Crippen LogP contribution in [-0.2, 0) is 13.1 Å². The number of carbonyl (C=O) groups excluding carboxylic acids is 1. The number of hydrogen-bond donors (Lipinski definition) is 2. The molecular formula is C13H13ClN2OS. The van der Waals surface area contributed by atoms with Crippen molar-refractivity contribution in [3.05, 3.63) is 56.7 Å². The number of nitrogens with two attached hydrogens (primary N) is 1. The van der Waals surface area contributed by atoms with Crippen molar-refractivity contribution in [2.75, 3.05) is 0 Å². The van der Waals surface area contributed by atoms with Crippen LogP contribution in [0.2, 0.25) is 5.02 Å². The molecule has 0 unspecified atom stereocenters. The minimum Gasteiger partial charge on any atom is -0.347 e. The molecule has 0 aliphatic heterocycles. The Morgan fingerprint density at radius 3 is 2.61 bits per heavy atom. The van der Waals surface area contributed by atoms with E-state index in [0.717, 1.165) is 11.1 Å². The molecule has 3 N–H and O–H groups in total. The number of amides is 1. The smallest absolute Gasteiger partial charge is 0.263 e. The molecule has 1 aromatic carbocycles. The Labute approximate surface area is 115 Å². The van der Waals surface area contributed by atoms with E-state index in [2.05, 4.69) is 5.32 Å². The van der Waals surface area contributed by atoms with Gasteiger partial charge in [-0.25, -0.2) is 0 Å². The van der Waals surface area contributed by atoms with Gasteiger partial charge in [0.05, 0.1) is 5.02 Å². The number of benzene rings is 1. The zero-order valence-electron chi connectivity index (χ0n) is 9.65. The Bertz CT molecular complexity index is 553. The van der Waals surface area contributed by atoms with E-state index < -0.39 is 0 Å². The van der Waals surface area contributed by atoms with Crippen molar-refractivity contribution in [3.63, 3.8) is 0 Å². The summed E-state index contributed by atoms with van der Waals surface area (Å²) in [6.45, 7) is 0.923. The molecule has 0 atom stereocenters. The monoisotopic (exact) mass is 280 g/mol. The van der Waals surface area contributed by atoms with E-state index in [9.17, 15) is 4.79 Å². The molecule has 5 heteroatoms. The van der Waals surface area contributed by atoms with Gasteiger partial charge in [0.1, 0.15) is 4.88 Å². The zero-order chi connectivity index (χ0) is 13.0. The predicted molar refractivity (Wildman–Crippen MR) is 74.8 cm³/mol. The number of hydrogen-bond acceptors (Lipinski definition) is 3. The SMILES string of the molecule is NCc1ccccc1CNC(=O)c1sccc1Cl. The van der Waals surface area contributed by atoms with Crippen LogP contribution in [-0.4, -0.2) is 5.91 Å². The van der Waals surface area contributed by atoms with Crippen molar-refractivity contribution in [2.45, 2.75) is 13.1 Å². The second-order valence-electron chi connectivity index (χ2n) is 3.75. The van der Waals surface area contributed by atoms with Crippen molar-refractivity contribution >= 4 is 28.8 Å². The molecule has 2 rings (SSSR count). The average molecular weight is 281 g/mol. The van der Waals surface area contributed by atoms with Crippen LogP contribution in [0.5, 0.6) is 0 Å². The van der Waals surface area contributed by atoms with Gasteiger partial charge in [0.15, 0.2) is 0 Å². The average Bonchev–Trinajstić information content (AvgIpc) is 2.82. The normalized spacial score (nSPS) is 10.3. The van der Waals surface area contributed by atoms with Gasteiger partial charge in [-0.15, -0.1) is 11.3 Å². The van der Waals surface area contributed by atoms with E-state index in [4.69, 9.17) is 17.3 Å². The fraction of sp³-hybridized carbons (Fsp3) is 0.154. The molecule has 1 amide bonds. The molecule has 0 saturated heterocycles. The van der Waals surface area contributed by atoms with Gasteiger partial charge in [-0.05, 0) is 22.6 Å². The van der Waals surface area contributed by atoms with E-state index in [1.807, 2.05) is 24.3 Å². The van der Waals surface area contributed by atoms with Crippen molar-refractivity contribution in [1.29, 1.82) is 0 Å². The molecule has 0 saturated carbocycles. The summed E-state index contributed by atoms with van der Waals surface area (Å²) in [6.07, 6.45) is 0. The van der Waals surface area contributed by atoms with Crippen molar-refractivity contribution in [2.24, 2.45) is 5.73 Å². The zero-order valence-corrected chi connectivity index (χ0v) is 11.2. The first-order chi connectivity index (χ1) is 8.72. The summed E-state index contributed by atoms with van der Waals surface area (Å²) in [4.78, 5) is 12.4. The van der Waals surface area contributed by atoms with E-state index in [1.165, 1.54) is 11.3 Å². The molecule has 1 aromatic heterocycles. The second-order valence-corrected chi connectivity index (χ2v) is 5.08. The second kappa shape index (κ2) is 6.00. The lowest BCUT2D eigenvalue weighted by atomic mass is 10.1. The highest BCUT2D eigenvalue weighted by atomic mass is 35.5. The third-order valence-corrected chi connectivity index (χ3v) is 3.94. The van der Waals surface area contributed by atoms with E-state index in [-0.39, 0.29) is 5.91 Å². The van der Waals surface area contributed by atoms with Crippen LogP contribution in [0, 0.1) is 0 Å². The van der Waals surface area contributed by atoms with Crippen LogP contribution in [0.3, 0.4) is 0 Å². The first-order valence-electron chi connectivity index (χ1n) is 5.50. The van der Waals surface area contributed by atoms with Gasteiger partial charge in [-0.3, -0.25) is 4.79 Å². The fourth-order valence-corrected chi connectivity index (χ4v) is 2.70. The maximum Gasteiger partial charge on any atom is 0.263 e. The lowest BCUT2D eigenvalue weighted by Gasteiger charge is -2.08. The highest BCUT2D eigenvalue weighted by Gasteiger charge is 2.11. The van der Waals surface area contributed by atoms with Gasteiger partial charge < -0.3 is 11.1 Å². The van der Waals surface area contributed by atoms with Crippen LogP contribution in [0.15, 0.2) is 35.7 Å². The lowest BCUT2D eigenvalue weighted by molar-refractivity contribution is 0.0955. The molecule has 0 bridgehead atoms. The van der Waals surface area contributed by atoms with E-state index in [0.29, 0.717) is 23.0 Å². The third-order valence-electron chi connectivity index (χ3n) is 2.60. The number of thiophene rings is 1. The maximum absolute atomic E-state index is 11.9. The molecule has 0 aliphatic rings. The van der Waals surface area contributed by atoms with Crippen LogP contribution in [0.1, 0.15) is 20.8 Å². The molecule has 0 spiro atoms. The lowest BCUT2D eigenvalue weighted by Crippen LogP contribution is -2.23. The minimum absolute atomic E-state index is 0.151. The van der Waals surface area contributed by atoms with Crippen LogP contribution in [0.4, 0.5) is 0 Å². The summed E-state index contributed by atoms with van der Waals surface area (Å²) in [5.41, 5.74) is 7.71. The van der Waals surface area contributed by atoms with Gasteiger partial charge in [0, 0.05) is 13.1 Å². The molecule has 94 valence electrons. The van der Waals surface area contributed by atoms with Gasteiger partial charge >= 0.3 is 0 Å². The Kier molecular flexibility index (Phi) is 4.36. The van der Waals surface area contributed by atoms with Crippen LogP contribution < -0.4 is 11.1 Å². The highest BCUT2D eigenvalue weighted by Crippen LogP contribution is 2.21. The summed E-state index contributed by atoms with van der Waals surface area (Å²) in [5, 5.41) is 5.14. The summed E-state index contributed by atoms with van der Waals surface area (Å²) >= 11 is 7.24. The van der Waals surface area contributed by atoms with Gasteiger partial charge in [-0.2, -0.15) is 0 Å². The molecule has 18 heavy (non-hydrogen) atoms. The summed E-state index contributed by atoms with van der Waals surface area (Å²) in [6, 6.07) is 9.50. The predicted octanol–water partition coefficient (Wildman–Crippen LogP) is 2.79. The summed E-state index contributed by atoms with van der Waals surface area (Å²) < 4.78 is 0. The molecule has 2 aromatic rings. The Morgan fingerprint density at radius 2 is 2.00 bits per heavy atom. The quantitative estimate of drug-likeness (QED) is 0.905. The molecule has 0 fully saturated rings. The van der Waals surface area contributed by atoms with Gasteiger partial charge in [-0.1, -0.05) is 35.9 Å². The fourth-order valence-electron chi connectivity index (χ4n) is 1.64. The van der Waals surface area contributed by atoms with E-state index in [1.54, 1.807) is 11.4 Å². The van der Waals surface area contributed by atoms with Crippen LogP contribution in [0.25, 0.3) is 0 Å².